The number of benzene rings is 2. The molecule has 2 aliphatic rings. The highest BCUT2D eigenvalue weighted by Gasteiger charge is 2.33. The molecule has 1 saturated carbocycles. The molecule has 1 saturated heterocycles. The molecule has 10 nitrogen and oxygen atoms in total. The summed E-state index contributed by atoms with van der Waals surface area (Å²) in [5, 5.41) is 7.36. The Morgan fingerprint density at radius 1 is 1.05 bits per heavy atom. The number of methoxy groups -OCH3 is 1. The highest BCUT2D eigenvalue weighted by atomic mass is 16.5. The number of hydrogen-bond acceptors (Lipinski definition) is 8. The van der Waals surface area contributed by atoms with Gasteiger partial charge in [0.1, 0.15) is 11.5 Å². The number of nitrogens with one attached hydrogen (secondary N) is 5. The van der Waals surface area contributed by atoms with E-state index in [4.69, 9.17) is 9.72 Å². The summed E-state index contributed by atoms with van der Waals surface area (Å²) in [5.74, 6) is 1.39. The van der Waals surface area contributed by atoms with Crippen LogP contribution in [0.3, 0.4) is 0 Å². The Labute approximate surface area is 219 Å². The van der Waals surface area contributed by atoms with Gasteiger partial charge in [0, 0.05) is 47.0 Å². The zero-order chi connectivity index (χ0) is 26.1. The van der Waals surface area contributed by atoms with Crippen LogP contribution < -0.4 is 21.5 Å². The molecule has 4 aromatic rings. The quantitative estimate of drug-likeness (QED) is 0.248. The van der Waals surface area contributed by atoms with E-state index in [1.54, 1.807) is 36.5 Å². The van der Waals surface area contributed by atoms with Gasteiger partial charge in [0.05, 0.1) is 12.7 Å². The van der Waals surface area contributed by atoms with E-state index in [1.807, 2.05) is 24.3 Å². The fourth-order valence-corrected chi connectivity index (χ4v) is 5.31. The number of rotatable bonds is 6. The highest BCUT2D eigenvalue weighted by Crippen LogP contribution is 2.29. The van der Waals surface area contributed by atoms with Gasteiger partial charge in [0.2, 0.25) is 0 Å². The monoisotopic (exact) mass is 511 g/mol. The van der Waals surface area contributed by atoms with E-state index in [0.29, 0.717) is 40.8 Å². The predicted molar refractivity (Wildman–Crippen MR) is 145 cm³/mol. The number of anilines is 2. The van der Waals surface area contributed by atoms with Crippen molar-refractivity contribution in [2.75, 3.05) is 24.3 Å². The van der Waals surface area contributed by atoms with Gasteiger partial charge in [-0.3, -0.25) is 15.6 Å². The van der Waals surface area contributed by atoms with Crippen LogP contribution in [-0.4, -0.2) is 52.6 Å². The zero-order valence-electron chi connectivity index (χ0n) is 21.0. The largest absolute Gasteiger partial charge is 0.465 e. The Morgan fingerprint density at radius 2 is 1.92 bits per heavy atom. The highest BCUT2D eigenvalue weighted by molar-refractivity contribution is 6.06. The molecule has 2 aromatic carbocycles. The second-order valence-corrected chi connectivity index (χ2v) is 9.82. The number of carbonyl (C=O) groups is 2. The van der Waals surface area contributed by atoms with Gasteiger partial charge in [0.25, 0.3) is 5.91 Å². The fraction of sp³-hybridized carbons (Fsp3) is 0.286. The van der Waals surface area contributed by atoms with Crippen LogP contribution in [0.5, 0.6) is 0 Å². The number of nitrogens with zero attached hydrogens (tertiary/aromatic N) is 2. The second kappa shape index (κ2) is 10.2. The minimum atomic E-state index is -0.425. The van der Waals surface area contributed by atoms with Gasteiger partial charge >= 0.3 is 5.97 Å². The lowest BCUT2D eigenvalue weighted by Gasteiger charge is -2.31. The van der Waals surface area contributed by atoms with Crippen LogP contribution in [0.25, 0.3) is 22.3 Å². The van der Waals surface area contributed by atoms with Gasteiger partial charge in [-0.2, -0.15) is 0 Å². The lowest BCUT2D eigenvalue weighted by molar-refractivity contribution is 0.0600. The summed E-state index contributed by atoms with van der Waals surface area (Å²) in [6.07, 6.45) is 5.13. The molecule has 0 spiro atoms. The van der Waals surface area contributed by atoms with E-state index >= 15 is 0 Å². The number of hydrazine groups is 1. The topological polar surface area (TPSA) is 133 Å². The number of aromatic amines is 1. The van der Waals surface area contributed by atoms with E-state index in [-0.39, 0.29) is 5.91 Å². The van der Waals surface area contributed by atoms with Gasteiger partial charge in [-0.15, -0.1) is 0 Å². The standard InChI is InChI=1S/C28H29N7O3/c1-38-28(37)16-4-6-20(7-5-16)32-27(36)24-13-17-2-3-18(14-23(17)33-24)26-29-11-10-25(34-26)31-21-8-9-22-19(12-21)15-30-35-22/h2-7,10-11,13-14,19,21-22,30,33,35H,8-9,12,15H2,1H3,(H,32,36)(H,29,31,34). The minimum Gasteiger partial charge on any atom is -0.465 e. The van der Waals surface area contributed by atoms with E-state index < -0.39 is 5.97 Å². The third kappa shape index (κ3) is 4.96. The first kappa shape index (κ1) is 24.1. The number of hydrogen-bond donors (Lipinski definition) is 5. The molecular formula is C28H29N7O3. The van der Waals surface area contributed by atoms with Crippen molar-refractivity contribution >= 4 is 34.3 Å². The zero-order valence-corrected chi connectivity index (χ0v) is 21.0. The molecule has 0 radical (unpaired) electrons. The summed E-state index contributed by atoms with van der Waals surface area (Å²) in [5.41, 5.74) is 9.75. The summed E-state index contributed by atoms with van der Waals surface area (Å²) in [6, 6.07) is 17.1. The maximum atomic E-state index is 12.8. The molecule has 0 bridgehead atoms. The smallest absolute Gasteiger partial charge is 0.337 e. The van der Waals surface area contributed by atoms with Crippen molar-refractivity contribution in [2.24, 2.45) is 5.92 Å². The molecule has 6 rings (SSSR count). The predicted octanol–water partition coefficient (Wildman–Crippen LogP) is 3.72. The summed E-state index contributed by atoms with van der Waals surface area (Å²) in [6.45, 7) is 1.01. The second-order valence-electron chi connectivity index (χ2n) is 9.82. The number of ether oxygens (including phenoxy) is 1. The van der Waals surface area contributed by atoms with Crippen LogP contribution in [0.4, 0.5) is 11.5 Å². The van der Waals surface area contributed by atoms with Gasteiger partial charge in [-0.25, -0.2) is 14.8 Å². The molecule has 3 unspecified atom stereocenters. The van der Waals surface area contributed by atoms with Crippen LogP contribution in [0.1, 0.15) is 40.1 Å². The molecule has 1 aliphatic heterocycles. The van der Waals surface area contributed by atoms with Crippen molar-refractivity contribution in [3.8, 4) is 11.4 Å². The first-order chi connectivity index (χ1) is 18.6. The molecule has 3 heterocycles. The SMILES string of the molecule is COC(=O)c1ccc(NC(=O)c2cc3ccc(-c4nccc(NC5CCC6NNCC6C5)n4)cc3[nH]2)cc1. The number of aromatic nitrogens is 3. The van der Waals surface area contributed by atoms with Crippen LogP contribution in [-0.2, 0) is 4.74 Å². The number of carbonyl (C=O) groups excluding carboxylic acids is 2. The minimum absolute atomic E-state index is 0.279. The average Bonchev–Trinajstić information content (AvgIpc) is 3.59. The first-order valence-corrected chi connectivity index (χ1v) is 12.8. The number of H-pyrrole nitrogens is 1. The molecule has 1 amide bonds. The number of fused-ring (bicyclic) bond motifs is 2. The van der Waals surface area contributed by atoms with Gasteiger partial charge in [0.15, 0.2) is 5.82 Å². The van der Waals surface area contributed by atoms with Crippen LogP contribution in [0, 0.1) is 5.92 Å². The number of amides is 1. The summed E-state index contributed by atoms with van der Waals surface area (Å²) in [4.78, 5) is 36.9. The van der Waals surface area contributed by atoms with Crippen molar-refractivity contribution in [2.45, 2.75) is 31.3 Å². The van der Waals surface area contributed by atoms with Gasteiger partial charge < -0.3 is 20.4 Å². The first-order valence-electron chi connectivity index (χ1n) is 12.8. The summed E-state index contributed by atoms with van der Waals surface area (Å²) in [7, 11) is 1.33. The van der Waals surface area contributed by atoms with Crippen molar-refractivity contribution in [3.05, 3.63) is 72.1 Å². The molecule has 10 heteroatoms. The molecule has 194 valence electrons. The lowest BCUT2D eigenvalue weighted by Crippen LogP contribution is -2.39. The Bertz CT molecular complexity index is 1480. The molecular weight excluding hydrogens is 482 g/mol. The molecule has 5 N–H and O–H groups in total. The Morgan fingerprint density at radius 3 is 2.76 bits per heavy atom. The van der Waals surface area contributed by atoms with Crippen molar-refractivity contribution in [1.29, 1.82) is 0 Å². The Kier molecular flexibility index (Phi) is 6.48. The van der Waals surface area contributed by atoms with Crippen LogP contribution in [0.2, 0.25) is 0 Å². The molecule has 38 heavy (non-hydrogen) atoms. The summed E-state index contributed by atoms with van der Waals surface area (Å²) >= 11 is 0. The third-order valence-electron chi connectivity index (χ3n) is 7.33. The van der Waals surface area contributed by atoms with Crippen LogP contribution in [0.15, 0.2) is 60.8 Å². The molecule has 2 aromatic heterocycles. The maximum absolute atomic E-state index is 12.8. The van der Waals surface area contributed by atoms with E-state index in [0.717, 1.165) is 48.1 Å². The van der Waals surface area contributed by atoms with Gasteiger partial charge in [-0.1, -0.05) is 12.1 Å². The van der Waals surface area contributed by atoms with Crippen molar-refractivity contribution < 1.29 is 14.3 Å². The normalized spacial score (nSPS) is 20.6. The lowest BCUT2D eigenvalue weighted by atomic mass is 9.83. The number of esters is 1. The third-order valence-corrected chi connectivity index (χ3v) is 7.33. The fourth-order valence-electron chi connectivity index (χ4n) is 5.31. The molecule has 2 fully saturated rings. The van der Waals surface area contributed by atoms with E-state index in [1.165, 1.54) is 7.11 Å². The Hall–Kier alpha value is -4.28. The molecule has 3 atom stereocenters. The average molecular weight is 512 g/mol. The van der Waals surface area contributed by atoms with Crippen LogP contribution >= 0.6 is 0 Å². The van der Waals surface area contributed by atoms with Gasteiger partial charge in [-0.05, 0) is 67.6 Å². The van der Waals surface area contributed by atoms with E-state index in [2.05, 4.69) is 31.5 Å². The Balaban J connectivity index is 1.15. The summed E-state index contributed by atoms with van der Waals surface area (Å²) < 4.78 is 4.71. The van der Waals surface area contributed by atoms with E-state index in [9.17, 15) is 9.59 Å². The molecule has 1 aliphatic carbocycles. The van der Waals surface area contributed by atoms with Crippen molar-refractivity contribution in [1.82, 2.24) is 25.8 Å². The maximum Gasteiger partial charge on any atom is 0.337 e. The van der Waals surface area contributed by atoms with Crippen molar-refractivity contribution in [3.63, 3.8) is 0 Å².